The molecule has 1 N–H and O–H groups in total. The maximum atomic E-state index is 13.9. The number of benzene rings is 3. The van der Waals surface area contributed by atoms with Gasteiger partial charge in [0.25, 0.3) is 5.91 Å². The molecule has 1 heterocycles. The molecule has 42 heavy (non-hydrogen) atoms. The lowest BCUT2D eigenvalue weighted by atomic mass is 10.1. The summed E-state index contributed by atoms with van der Waals surface area (Å²) in [6.07, 6.45) is 6.53. The molecule has 4 aromatic rings. The number of H-pyrrole nitrogens is 1. The second-order valence-corrected chi connectivity index (χ2v) is 10.6. The number of amides is 2. The maximum absolute atomic E-state index is 13.9. The molecule has 2 amide bonds. The van der Waals surface area contributed by atoms with Crippen LogP contribution >= 0.6 is 0 Å². The second-order valence-electron chi connectivity index (χ2n) is 10.6. The number of unbranched alkanes of at least 4 members (excludes halogenated alkanes) is 2. The van der Waals surface area contributed by atoms with Crippen LogP contribution in [0.1, 0.15) is 61.0 Å². The smallest absolute Gasteiger partial charge is 0.254 e. The van der Waals surface area contributed by atoms with Crippen molar-refractivity contribution in [2.75, 3.05) is 33.4 Å². The molecular formula is C35H43N3O4. The predicted octanol–water partition coefficient (Wildman–Crippen LogP) is 6.87. The number of methoxy groups -OCH3 is 1. The lowest BCUT2D eigenvalue weighted by Gasteiger charge is -2.28. The van der Waals surface area contributed by atoms with Gasteiger partial charge in [0.05, 0.1) is 13.7 Å². The van der Waals surface area contributed by atoms with E-state index in [9.17, 15) is 9.59 Å². The Kier molecular flexibility index (Phi) is 11.4. The third-order valence-corrected chi connectivity index (χ3v) is 7.47. The van der Waals surface area contributed by atoms with Crippen molar-refractivity contribution in [3.05, 3.63) is 95.7 Å². The van der Waals surface area contributed by atoms with E-state index in [1.165, 1.54) is 5.56 Å². The van der Waals surface area contributed by atoms with Gasteiger partial charge < -0.3 is 24.3 Å². The Morgan fingerprint density at radius 1 is 0.810 bits per heavy atom. The molecule has 7 heteroatoms. The van der Waals surface area contributed by atoms with Crippen LogP contribution in [0.2, 0.25) is 0 Å². The summed E-state index contributed by atoms with van der Waals surface area (Å²) in [5.74, 6) is 1.31. The van der Waals surface area contributed by atoms with Gasteiger partial charge in [0, 0.05) is 42.3 Å². The zero-order chi connectivity index (χ0) is 29.7. The standard InChI is InChI=1S/C35H43N3O4/c1-4-6-21-38(35(40)28-14-18-31(19-15-28)42-23-7-5-2)26-34(39)37(25-27-12-16-30(41-3)17-13-27)22-20-29-24-36-33-11-9-8-10-32(29)33/h8-19,24,36H,4-7,20-23,25-26H2,1-3H3. The van der Waals surface area contributed by atoms with Crippen LogP contribution in [-0.2, 0) is 17.8 Å². The molecule has 0 bridgehead atoms. The maximum Gasteiger partial charge on any atom is 0.254 e. The average molecular weight is 570 g/mol. The second kappa shape index (κ2) is 15.7. The van der Waals surface area contributed by atoms with E-state index >= 15 is 0 Å². The van der Waals surface area contributed by atoms with Gasteiger partial charge in [-0.05, 0) is 72.9 Å². The molecular weight excluding hydrogens is 526 g/mol. The molecule has 0 saturated heterocycles. The molecule has 3 aromatic carbocycles. The van der Waals surface area contributed by atoms with Gasteiger partial charge in [-0.15, -0.1) is 0 Å². The number of carbonyl (C=O) groups is 2. The van der Waals surface area contributed by atoms with Crippen molar-refractivity contribution >= 4 is 22.7 Å². The largest absolute Gasteiger partial charge is 0.497 e. The van der Waals surface area contributed by atoms with Crippen molar-refractivity contribution in [1.29, 1.82) is 0 Å². The first-order valence-corrected chi connectivity index (χ1v) is 15.0. The summed E-state index contributed by atoms with van der Waals surface area (Å²) in [5.41, 5.74) is 3.81. The zero-order valence-electron chi connectivity index (χ0n) is 25.1. The SMILES string of the molecule is CCCCOc1ccc(C(=O)N(CCCC)CC(=O)N(CCc2c[nH]c3ccccc23)Cc2ccc(OC)cc2)cc1. The molecule has 0 atom stereocenters. The lowest BCUT2D eigenvalue weighted by molar-refractivity contribution is -0.132. The first-order valence-electron chi connectivity index (χ1n) is 15.0. The first-order chi connectivity index (χ1) is 20.5. The van der Waals surface area contributed by atoms with Gasteiger partial charge in [0.1, 0.15) is 18.0 Å². The van der Waals surface area contributed by atoms with Gasteiger partial charge in [0.15, 0.2) is 0 Å². The summed E-state index contributed by atoms with van der Waals surface area (Å²) >= 11 is 0. The summed E-state index contributed by atoms with van der Waals surface area (Å²) in [6, 6.07) is 23.2. The number of carbonyl (C=O) groups excluding carboxylic acids is 2. The van der Waals surface area contributed by atoms with Crippen molar-refractivity contribution in [3.8, 4) is 11.5 Å². The predicted molar refractivity (Wildman–Crippen MR) is 168 cm³/mol. The van der Waals surface area contributed by atoms with Crippen molar-refractivity contribution in [2.24, 2.45) is 0 Å². The number of aromatic amines is 1. The molecule has 1 aromatic heterocycles. The Morgan fingerprint density at radius 3 is 2.24 bits per heavy atom. The number of rotatable bonds is 16. The molecule has 0 aliphatic heterocycles. The zero-order valence-corrected chi connectivity index (χ0v) is 25.1. The van der Waals surface area contributed by atoms with Gasteiger partial charge in [-0.25, -0.2) is 0 Å². The van der Waals surface area contributed by atoms with Crippen LogP contribution in [0.15, 0.2) is 79.0 Å². The Labute approximate surface area is 249 Å². The number of hydrogen-bond acceptors (Lipinski definition) is 4. The Hall–Kier alpha value is -4.26. The fourth-order valence-corrected chi connectivity index (χ4v) is 4.91. The van der Waals surface area contributed by atoms with E-state index in [1.807, 2.05) is 59.6 Å². The molecule has 222 valence electrons. The minimum absolute atomic E-state index is 0.0254. The summed E-state index contributed by atoms with van der Waals surface area (Å²) in [4.78, 5) is 34.4. The van der Waals surface area contributed by atoms with Gasteiger partial charge in [0.2, 0.25) is 5.91 Å². The number of nitrogens with zero attached hydrogens (tertiary/aromatic N) is 2. The first kappa shape index (κ1) is 30.7. The summed E-state index contributed by atoms with van der Waals surface area (Å²) < 4.78 is 11.1. The highest BCUT2D eigenvalue weighted by atomic mass is 16.5. The summed E-state index contributed by atoms with van der Waals surface area (Å²) in [5, 5.41) is 1.16. The van der Waals surface area contributed by atoms with Crippen LogP contribution in [0.5, 0.6) is 11.5 Å². The van der Waals surface area contributed by atoms with Crippen LogP contribution in [0.4, 0.5) is 0 Å². The molecule has 0 aliphatic rings. The molecule has 0 unspecified atom stereocenters. The van der Waals surface area contributed by atoms with Crippen molar-refractivity contribution in [2.45, 2.75) is 52.5 Å². The Bertz CT molecular complexity index is 1410. The number of nitrogens with one attached hydrogen (secondary N) is 1. The van der Waals surface area contributed by atoms with Crippen LogP contribution in [0.25, 0.3) is 10.9 Å². The van der Waals surface area contributed by atoms with Crippen LogP contribution in [0.3, 0.4) is 0 Å². The molecule has 7 nitrogen and oxygen atoms in total. The van der Waals surface area contributed by atoms with E-state index in [2.05, 4.69) is 31.0 Å². The van der Waals surface area contributed by atoms with Crippen LogP contribution in [-0.4, -0.2) is 59.9 Å². The quantitative estimate of drug-likeness (QED) is 0.150. The normalized spacial score (nSPS) is 10.9. The number of hydrogen-bond donors (Lipinski definition) is 1. The highest BCUT2D eigenvalue weighted by Crippen LogP contribution is 2.20. The lowest BCUT2D eigenvalue weighted by Crippen LogP contribution is -2.43. The third kappa shape index (κ3) is 8.38. The minimum Gasteiger partial charge on any atom is -0.497 e. The summed E-state index contributed by atoms with van der Waals surface area (Å²) in [6.45, 7) is 6.40. The Morgan fingerprint density at radius 2 is 1.52 bits per heavy atom. The topological polar surface area (TPSA) is 74.9 Å². The fourth-order valence-electron chi connectivity index (χ4n) is 4.91. The van der Waals surface area contributed by atoms with E-state index < -0.39 is 0 Å². The number of fused-ring (bicyclic) bond motifs is 1. The Balaban J connectivity index is 1.50. The van der Waals surface area contributed by atoms with E-state index in [1.54, 1.807) is 24.1 Å². The van der Waals surface area contributed by atoms with Crippen LogP contribution < -0.4 is 9.47 Å². The van der Waals surface area contributed by atoms with E-state index in [0.29, 0.717) is 38.2 Å². The number of aromatic nitrogens is 1. The highest BCUT2D eigenvalue weighted by molar-refractivity contribution is 5.96. The molecule has 0 radical (unpaired) electrons. The number of para-hydroxylation sites is 1. The van der Waals surface area contributed by atoms with E-state index in [-0.39, 0.29) is 18.4 Å². The van der Waals surface area contributed by atoms with Crippen molar-refractivity contribution < 1.29 is 19.1 Å². The fraction of sp³-hybridized carbons (Fsp3) is 0.371. The van der Waals surface area contributed by atoms with Crippen molar-refractivity contribution in [3.63, 3.8) is 0 Å². The summed E-state index contributed by atoms with van der Waals surface area (Å²) in [7, 11) is 1.64. The van der Waals surface area contributed by atoms with E-state index in [0.717, 1.165) is 53.6 Å². The van der Waals surface area contributed by atoms with Gasteiger partial charge in [-0.1, -0.05) is 57.0 Å². The van der Waals surface area contributed by atoms with Crippen molar-refractivity contribution in [1.82, 2.24) is 14.8 Å². The van der Waals surface area contributed by atoms with Gasteiger partial charge in [-0.3, -0.25) is 9.59 Å². The van der Waals surface area contributed by atoms with Gasteiger partial charge in [-0.2, -0.15) is 0 Å². The minimum atomic E-state index is -0.141. The van der Waals surface area contributed by atoms with Gasteiger partial charge >= 0.3 is 0 Å². The molecule has 0 aliphatic carbocycles. The van der Waals surface area contributed by atoms with E-state index in [4.69, 9.17) is 9.47 Å². The third-order valence-electron chi connectivity index (χ3n) is 7.47. The monoisotopic (exact) mass is 569 g/mol. The molecule has 0 fully saturated rings. The average Bonchev–Trinajstić information content (AvgIpc) is 3.44. The molecule has 0 saturated carbocycles. The highest BCUT2D eigenvalue weighted by Gasteiger charge is 2.23. The molecule has 0 spiro atoms. The van der Waals surface area contributed by atoms with Crippen LogP contribution in [0, 0.1) is 0 Å². The molecule has 4 rings (SSSR count). The number of ether oxygens (including phenoxy) is 2.